The maximum absolute atomic E-state index is 4.83. The molecule has 0 bridgehead atoms. The van der Waals surface area contributed by atoms with Crippen molar-refractivity contribution in [1.82, 2.24) is 14.1 Å². The van der Waals surface area contributed by atoms with Gasteiger partial charge in [0.15, 0.2) is 0 Å². The highest BCUT2D eigenvalue weighted by molar-refractivity contribution is 6.10. The van der Waals surface area contributed by atoms with Crippen LogP contribution in [0.4, 0.5) is 0 Å². The smallest absolute Gasteiger partial charge is 0.0780 e. The van der Waals surface area contributed by atoms with Crippen molar-refractivity contribution in [3.63, 3.8) is 0 Å². The largest absolute Gasteiger partial charge is 0.309 e. The van der Waals surface area contributed by atoms with E-state index in [1.807, 2.05) is 6.20 Å². The van der Waals surface area contributed by atoms with E-state index in [1.54, 1.807) is 0 Å². The van der Waals surface area contributed by atoms with Gasteiger partial charge in [-0.15, -0.1) is 0 Å². The van der Waals surface area contributed by atoms with E-state index in [4.69, 9.17) is 4.98 Å². The number of hydrogen-bond acceptors (Lipinski definition) is 1. The van der Waals surface area contributed by atoms with E-state index in [9.17, 15) is 0 Å². The fourth-order valence-electron chi connectivity index (χ4n) is 8.50. The average Bonchev–Trinajstić information content (AvgIpc) is 3.77. The second-order valence-electron chi connectivity index (χ2n) is 14.0. The third-order valence-corrected chi connectivity index (χ3v) is 10.9. The Morgan fingerprint density at radius 3 is 1.22 bits per heavy atom. The molecule has 0 radical (unpaired) electrons. The fourth-order valence-corrected chi connectivity index (χ4v) is 8.50. The van der Waals surface area contributed by atoms with E-state index in [0.29, 0.717) is 0 Å². The van der Waals surface area contributed by atoms with Crippen LogP contribution in [0.2, 0.25) is 0 Å². The zero-order chi connectivity index (χ0) is 35.6. The quantitative estimate of drug-likeness (QED) is 0.177. The van der Waals surface area contributed by atoms with Crippen LogP contribution in [0.25, 0.3) is 99.3 Å². The molecule has 252 valence electrons. The molecule has 11 aromatic rings. The highest BCUT2D eigenvalue weighted by Gasteiger charge is 2.17. The summed E-state index contributed by atoms with van der Waals surface area (Å²) in [5, 5.41) is 7.35. The molecule has 0 amide bonds. The van der Waals surface area contributed by atoms with Crippen molar-refractivity contribution in [3.8, 4) is 44.9 Å². The number of rotatable bonds is 5. The Labute approximate surface area is 312 Å². The zero-order valence-electron chi connectivity index (χ0n) is 29.4. The molecule has 0 aliphatic heterocycles. The highest BCUT2D eigenvalue weighted by Crippen LogP contribution is 2.39. The van der Waals surface area contributed by atoms with Crippen molar-refractivity contribution >= 4 is 54.4 Å². The molecule has 0 aliphatic carbocycles. The minimum atomic E-state index is 1.00. The van der Waals surface area contributed by atoms with E-state index >= 15 is 0 Å². The van der Waals surface area contributed by atoms with Crippen LogP contribution in [0.5, 0.6) is 0 Å². The molecular formula is C51H33N3. The van der Waals surface area contributed by atoms with Gasteiger partial charge in [-0.25, -0.2) is 0 Å². The van der Waals surface area contributed by atoms with Gasteiger partial charge in [-0.05, 0) is 88.3 Å². The van der Waals surface area contributed by atoms with Crippen LogP contribution >= 0.6 is 0 Å². The van der Waals surface area contributed by atoms with Crippen molar-refractivity contribution in [1.29, 1.82) is 0 Å². The van der Waals surface area contributed by atoms with Crippen LogP contribution in [0.15, 0.2) is 200 Å². The van der Waals surface area contributed by atoms with Gasteiger partial charge in [0.05, 0.1) is 27.8 Å². The first-order chi connectivity index (χ1) is 26.8. The number of aromatic nitrogens is 3. The Morgan fingerprint density at radius 1 is 0.296 bits per heavy atom. The van der Waals surface area contributed by atoms with Crippen molar-refractivity contribution < 1.29 is 0 Å². The van der Waals surface area contributed by atoms with E-state index in [2.05, 4.69) is 203 Å². The van der Waals surface area contributed by atoms with E-state index < -0.39 is 0 Å². The molecule has 8 aromatic carbocycles. The third-order valence-electron chi connectivity index (χ3n) is 10.9. The lowest BCUT2D eigenvalue weighted by atomic mass is 9.96. The number of fused-ring (bicyclic) bond motifs is 7. The van der Waals surface area contributed by atoms with Crippen molar-refractivity contribution in [2.75, 3.05) is 0 Å². The summed E-state index contributed by atoms with van der Waals surface area (Å²) in [7, 11) is 0. The SMILES string of the molecule is c1cc(-c2cccc(-c3nccc4ccccc34)c2)cc(-c2cc(-n3c4ccccc4c4ccccc43)cc(-n3c4ccccc4c4ccccc43)c2)c1. The van der Waals surface area contributed by atoms with Crippen LogP contribution in [0.1, 0.15) is 0 Å². The van der Waals surface area contributed by atoms with Crippen LogP contribution < -0.4 is 0 Å². The van der Waals surface area contributed by atoms with E-state index in [1.165, 1.54) is 49.0 Å². The van der Waals surface area contributed by atoms with Crippen molar-refractivity contribution in [2.45, 2.75) is 0 Å². The molecule has 3 aromatic heterocycles. The summed E-state index contributed by atoms with van der Waals surface area (Å²) in [5.41, 5.74) is 13.7. The molecule has 0 fully saturated rings. The molecule has 3 nitrogen and oxygen atoms in total. The minimum Gasteiger partial charge on any atom is -0.309 e. The fraction of sp³-hybridized carbons (Fsp3) is 0. The summed E-state index contributed by atoms with van der Waals surface area (Å²) in [6, 6.07) is 70.3. The molecular weight excluding hydrogens is 655 g/mol. The van der Waals surface area contributed by atoms with Gasteiger partial charge in [-0.3, -0.25) is 4.98 Å². The van der Waals surface area contributed by atoms with Gasteiger partial charge in [0.2, 0.25) is 0 Å². The second kappa shape index (κ2) is 12.2. The first-order valence-electron chi connectivity index (χ1n) is 18.5. The van der Waals surface area contributed by atoms with Crippen molar-refractivity contribution in [3.05, 3.63) is 200 Å². The number of pyridine rings is 1. The first-order valence-corrected chi connectivity index (χ1v) is 18.5. The highest BCUT2D eigenvalue weighted by atomic mass is 15.0. The van der Waals surface area contributed by atoms with Crippen molar-refractivity contribution in [2.24, 2.45) is 0 Å². The molecule has 0 atom stereocenters. The van der Waals surface area contributed by atoms with Gasteiger partial charge in [0.25, 0.3) is 0 Å². The number of para-hydroxylation sites is 4. The van der Waals surface area contributed by atoms with Gasteiger partial charge < -0.3 is 9.13 Å². The first kappa shape index (κ1) is 30.4. The number of benzene rings is 8. The molecule has 3 heterocycles. The summed E-state index contributed by atoms with van der Waals surface area (Å²) in [4.78, 5) is 4.83. The molecule has 54 heavy (non-hydrogen) atoms. The number of nitrogens with zero attached hydrogens (tertiary/aromatic N) is 3. The predicted octanol–water partition coefficient (Wildman–Crippen LogP) is 13.4. The Kier molecular flexibility index (Phi) is 6.86. The van der Waals surface area contributed by atoms with Gasteiger partial charge in [0.1, 0.15) is 0 Å². The average molecular weight is 688 g/mol. The normalized spacial score (nSPS) is 11.7. The monoisotopic (exact) mass is 687 g/mol. The molecule has 0 aliphatic rings. The summed E-state index contributed by atoms with van der Waals surface area (Å²) < 4.78 is 4.85. The summed E-state index contributed by atoms with van der Waals surface area (Å²) in [5.74, 6) is 0. The standard InChI is InChI=1S/C51H33N3/c1-2-18-42-34(13-1)27-28-52-51(42)38-17-12-15-36(30-38)35-14-11-16-37(29-35)39-31-40(53-47-23-7-3-19-43(47)44-20-4-8-24-48(44)53)33-41(32-39)54-49-25-9-5-21-45(49)46-22-6-10-26-50(46)54/h1-33H. The van der Waals surface area contributed by atoms with E-state index in [-0.39, 0.29) is 0 Å². The Morgan fingerprint density at radius 2 is 0.704 bits per heavy atom. The van der Waals surface area contributed by atoms with Gasteiger partial charge >= 0.3 is 0 Å². The summed E-state index contributed by atoms with van der Waals surface area (Å²) in [6.45, 7) is 0. The lowest BCUT2D eigenvalue weighted by Gasteiger charge is -2.16. The van der Waals surface area contributed by atoms with Crippen LogP contribution in [0, 0.1) is 0 Å². The maximum Gasteiger partial charge on any atom is 0.0780 e. The molecule has 3 heteroatoms. The molecule has 0 N–H and O–H groups in total. The van der Waals surface area contributed by atoms with Crippen LogP contribution in [0.3, 0.4) is 0 Å². The summed E-state index contributed by atoms with van der Waals surface area (Å²) >= 11 is 0. The lowest BCUT2D eigenvalue weighted by molar-refractivity contribution is 1.13. The Balaban J connectivity index is 1.14. The van der Waals surface area contributed by atoms with Crippen LogP contribution in [-0.4, -0.2) is 14.1 Å². The van der Waals surface area contributed by atoms with Gasteiger partial charge in [-0.2, -0.15) is 0 Å². The number of hydrogen-bond donors (Lipinski definition) is 0. The van der Waals surface area contributed by atoms with Crippen LogP contribution in [-0.2, 0) is 0 Å². The predicted molar refractivity (Wildman–Crippen MR) is 227 cm³/mol. The molecule has 11 rings (SSSR count). The summed E-state index contributed by atoms with van der Waals surface area (Å²) in [6.07, 6.45) is 1.91. The van der Waals surface area contributed by atoms with E-state index in [0.717, 1.165) is 50.3 Å². The minimum absolute atomic E-state index is 1.00. The van der Waals surface area contributed by atoms with Gasteiger partial charge in [-0.1, -0.05) is 133 Å². The molecule has 0 saturated heterocycles. The Bertz CT molecular complexity index is 2990. The lowest BCUT2D eigenvalue weighted by Crippen LogP contribution is -2.00. The second-order valence-corrected chi connectivity index (χ2v) is 14.0. The van der Waals surface area contributed by atoms with Gasteiger partial charge in [0, 0.05) is 50.1 Å². The molecule has 0 spiro atoms. The molecule has 0 saturated carbocycles. The topological polar surface area (TPSA) is 22.8 Å². The Hall–Kier alpha value is -7.23. The maximum atomic E-state index is 4.83. The zero-order valence-corrected chi connectivity index (χ0v) is 29.4. The molecule has 0 unspecified atom stereocenters. The third kappa shape index (κ3) is 4.79.